The molecule has 1 aliphatic carbocycles. The molecule has 0 atom stereocenters. The third-order valence-corrected chi connectivity index (χ3v) is 4.93. The Bertz CT molecular complexity index is 974. The predicted octanol–water partition coefficient (Wildman–Crippen LogP) is 5.21. The Morgan fingerprint density at radius 2 is 1.46 bits per heavy atom. The second kappa shape index (κ2) is 4.84. The van der Waals surface area contributed by atoms with Crippen molar-refractivity contribution in [3.8, 4) is 33.8 Å². The largest absolute Gasteiger partial charge is 0.508 e. The first-order valence-corrected chi connectivity index (χ1v) is 7.86. The minimum absolute atomic E-state index is 0.0504. The molecule has 0 radical (unpaired) electrons. The standard InChI is InChI=1S/C21H17FO2/c1-21(2)17-6-4-3-5-13(17)15-9-10-16(20(22)19(15)21)14-8-7-12(23)11-18(14)24/h3-11,23-24H,1-2H3. The predicted molar refractivity (Wildman–Crippen MR) is 92.7 cm³/mol. The van der Waals surface area contributed by atoms with Crippen LogP contribution in [0.15, 0.2) is 54.6 Å². The normalized spacial score (nSPS) is 14.3. The Balaban J connectivity index is 2.00. The fourth-order valence-corrected chi connectivity index (χ4v) is 3.77. The van der Waals surface area contributed by atoms with E-state index in [1.54, 1.807) is 6.07 Å². The van der Waals surface area contributed by atoms with Crippen molar-refractivity contribution in [1.29, 1.82) is 0 Å². The van der Waals surface area contributed by atoms with Gasteiger partial charge in [0.05, 0.1) is 0 Å². The lowest BCUT2D eigenvalue weighted by Gasteiger charge is -2.23. The smallest absolute Gasteiger partial charge is 0.135 e. The summed E-state index contributed by atoms with van der Waals surface area (Å²) in [6.07, 6.45) is 0. The van der Waals surface area contributed by atoms with Crippen LogP contribution in [0.2, 0.25) is 0 Å². The molecule has 0 aliphatic heterocycles. The molecule has 4 rings (SSSR count). The van der Waals surface area contributed by atoms with Gasteiger partial charge in [-0.15, -0.1) is 0 Å². The first-order chi connectivity index (χ1) is 11.4. The number of benzene rings is 3. The molecular formula is C21H17FO2. The average molecular weight is 320 g/mol. The monoisotopic (exact) mass is 320 g/mol. The number of phenolic OH excluding ortho intramolecular Hbond substituents is 2. The topological polar surface area (TPSA) is 40.5 Å². The van der Waals surface area contributed by atoms with Crippen molar-refractivity contribution in [3.05, 3.63) is 71.5 Å². The summed E-state index contributed by atoms with van der Waals surface area (Å²) in [4.78, 5) is 0. The van der Waals surface area contributed by atoms with Gasteiger partial charge in [0.1, 0.15) is 17.3 Å². The molecule has 0 aromatic heterocycles. The van der Waals surface area contributed by atoms with Gasteiger partial charge in [-0.1, -0.05) is 50.2 Å². The zero-order valence-corrected chi connectivity index (χ0v) is 13.5. The van der Waals surface area contributed by atoms with Gasteiger partial charge in [-0.25, -0.2) is 4.39 Å². The van der Waals surface area contributed by atoms with E-state index < -0.39 is 5.41 Å². The van der Waals surface area contributed by atoms with Crippen molar-refractivity contribution < 1.29 is 14.6 Å². The molecular weight excluding hydrogens is 303 g/mol. The molecule has 0 amide bonds. The van der Waals surface area contributed by atoms with Gasteiger partial charge in [-0.05, 0) is 28.8 Å². The highest BCUT2D eigenvalue weighted by Gasteiger charge is 2.38. The quantitative estimate of drug-likeness (QED) is 0.646. The van der Waals surface area contributed by atoms with E-state index in [0.29, 0.717) is 16.7 Å². The molecule has 0 spiro atoms. The highest BCUT2D eigenvalue weighted by Crippen LogP contribution is 2.51. The Kier molecular flexibility index (Phi) is 2.98. The Morgan fingerprint density at radius 3 is 2.21 bits per heavy atom. The number of phenols is 2. The molecule has 3 aromatic rings. The maximum absolute atomic E-state index is 15.4. The van der Waals surface area contributed by atoms with E-state index >= 15 is 4.39 Å². The molecule has 2 N–H and O–H groups in total. The third kappa shape index (κ3) is 1.88. The van der Waals surface area contributed by atoms with E-state index in [1.165, 1.54) is 18.2 Å². The Labute approximate surface area is 139 Å². The number of rotatable bonds is 1. The molecule has 3 aromatic carbocycles. The summed E-state index contributed by atoms with van der Waals surface area (Å²) in [5.74, 6) is -0.512. The highest BCUT2D eigenvalue weighted by molar-refractivity contribution is 5.85. The second-order valence-corrected chi connectivity index (χ2v) is 6.72. The fourth-order valence-electron chi connectivity index (χ4n) is 3.77. The molecule has 0 unspecified atom stereocenters. The minimum Gasteiger partial charge on any atom is -0.508 e. The van der Waals surface area contributed by atoms with Crippen LogP contribution in [-0.2, 0) is 5.41 Å². The summed E-state index contributed by atoms with van der Waals surface area (Å²) >= 11 is 0. The minimum atomic E-state index is -0.446. The summed E-state index contributed by atoms with van der Waals surface area (Å²) in [6.45, 7) is 4.03. The molecule has 2 nitrogen and oxygen atoms in total. The lowest BCUT2D eigenvalue weighted by atomic mass is 9.81. The molecule has 24 heavy (non-hydrogen) atoms. The van der Waals surface area contributed by atoms with Crippen molar-refractivity contribution >= 4 is 0 Å². The van der Waals surface area contributed by atoms with Crippen LogP contribution < -0.4 is 0 Å². The van der Waals surface area contributed by atoms with Gasteiger partial charge in [0.2, 0.25) is 0 Å². The van der Waals surface area contributed by atoms with Gasteiger partial charge < -0.3 is 10.2 Å². The maximum atomic E-state index is 15.4. The third-order valence-electron chi connectivity index (χ3n) is 4.93. The van der Waals surface area contributed by atoms with Gasteiger partial charge in [0.25, 0.3) is 0 Å². The van der Waals surface area contributed by atoms with Crippen LogP contribution in [0.4, 0.5) is 4.39 Å². The Morgan fingerprint density at radius 1 is 0.792 bits per heavy atom. The molecule has 1 aliphatic rings. The molecule has 120 valence electrons. The van der Waals surface area contributed by atoms with E-state index in [-0.39, 0.29) is 17.3 Å². The number of hydrogen-bond acceptors (Lipinski definition) is 2. The number of aromatic hydroxyl groups is 2. The van der Waals surface area contributed by atoms with Crippen molar-refractivity contribution in [3.63, 3.8) is 0 Å². The fraction of sp³-hybridized carbons (Fsp3) is 0.143. The van der Waals surface area contributed by atoms with Crippen LogP contribution in [0.25, 0.3) is 22.3 Å². The lowest BCUT2D eigenvalue weighted by molar-refractivity contribution is 0.451. The summed E-state index contributed by atoms with van der Waals surface area (Å²) in [5, 5.41) is 19.6. The van der Waals surface area contributed by atoms with Crippen LogP contribution >= 0.6 is 0 Å². The highest BCUT2D eigenvalue weighted by atomic mass is 19.1. The molecule has 0 saturated carbocycles. The first kappa shape index (κ1) is 14.8. The first-order valence-electron chi connectivity index (χ1n) is 7.86. The molecule has 3 heteroatoms. The van der Waals surface area contributed by atoms with E-state index in [0.717, 1.165) is 16.7 Å². The van der Waals surface area contributed by atoms with Gasteiger partial charge in [-0.2, -0.15) is 0 Å². The van der Waals surface area contributed by atoms with Crippen molar-refractivity contribution in [2.75, 3.05) is 0 Å². The maximum Gasteiger partial charge on any atom is 0.135 e. The summed E-state index contributed by atoms with van der Waals surface area (Å²) < 4.78 is 15.4. The molecule has 0 saturated heterocycles. The zero-order valence-electron chi connectivity index (χ0n) is 13.5. The van der Waals surface area contributed by atoms with Crippen LogP contribution in [0, 0.1) is 5.82 Å². The van der Waals surface area contributed by atoms with Gasteiger partial charge in [-0.3, -0.25) is 0 Å². The Hall–Kier alpha value is -2.81. The van der Waals surface area contributed by atoms with E-state index in [9.17, 15) is 10.2 Å². The van der Waals surface area contributed by atoms with E-state index in [2.05, 4.69) is 0 Å². The van der Waals surface area contributed by atoms with Gasteiger partial charge in [0, 0.05) is 28.2 Å². The molecule has 0 fully saturated rings. The van der Waals surface area contributed by atoms with Crippen LogP contribution in [-0.4, -0.2) is 10.2 Å². The van der Waals surface area contributed by atoms with E-state index in [1.807, 2.05) is 44.2 Å². The van der Waals surface area contributed by atoms with Crippen LogP contribution in [0.5, 0.6) is 11.5 Å². The molecule has 0 bridgehead atoms. The lowest BCUT2D eigenvalue weighted by Crippen LogP contribution is -2.17. The van der Waals surface area contributed by atoms with Crippen molar-refractivity contribution in [2.45, 2.75) is 19.3 Å². The summed E-state index contributed by atoms with van der Waals surface area (Å²) in [5.41, 5.74) is 3.97. The van der Waals surface area contributed by atoms with Gasteiger partial charge >= 0.3 is 0 Å². The summed E-state index contributed by atoms with van der Waals surface area (Å²) in [7, 11) is 0. The van der Waals surface area contributed by atoms with Crippen molar-refractivity contribution in [2.24, 2.45) is 0 Å². The average Bonchev–Trinajstić information content (AvgIpc) is 2.78. The van der Waals surface area contributed by atoms with Crippen molar-refractivity contribution in [1.82, 2.24) is 0 Å². The second-order valence-electron chi connectivity index (χ2n) is 6.72. The van der Waals surface area contributed by atoms with Crippen LogP contribution in [0.1, 0.15) is 25.0 Å². The molecule has 0 heterocycles. The van der Waals surface area contributed by atoms with Crippen LogP contribution in [0.3, 0.4) is 0 Å². The SMILES string of the molecule is CC1(C)c2ccccc2-c2ccc(-c3ccc(O)cc3O)c(F)c21. The number of fused-ring (bicyclic) bond motifs is 3. The van der Waals surface area contributed by atoms with E-state index in [4.69, 9.17) is 0 Å². The summed E-state index contributed by atoms with van der Waals surface area (Å²) in [6, 6.07) is 15.8. The van der Waals surface area contributed by atoms with Gasteiger partial charge in [0.15, 0.2) is 0 Å². The number of halogens is 1. The zero-order chi connectivity index (χ0) is 17.1. The number of hydrogen-bond donors (Lipinski definition) is 2.